The number of carbonyl (C=O) groups is 2. The molecule has 0 saturated carbocycles. The summed E-state index contributed by atoms with van der Waals surface area (Å²) in [5.74, 6) is -0.530. The molecule has 3 aromatic rings. The molecule has 0 bridgehead atoms. The Morgan fingerprint density at radius 3 is 2.88 bits per heavy atom. The number of pyridine rings is 1. The first-order valence-corrected chi connectivity index (χ1v) is 10.8. The summed E-state index contributed by atoms with van der Waals surface area (Å²) in [4.78, 5) is 29.5. The molecule has 1 fully saturated rings. The summed E-state index contributed by atoms with van der Waals surface area (Å²) < 4.78 is 7.36. The molecule has 9 heteroatoms. The van der Waals surface area contributed by atoms with Crippen LogP contribution in [0.4, 0.5) is 4.79 Å². The molecule has 4 heterocycles. The van der Waals surface area contributed by atoms with Crippen molar-refractivity contribution in [3.05, 3.63) is 42.2 Å². The third kappa shape index (κ3) is 3.53. The van der Waals surface area contributed by atoms with Gasteiger partial charge in [-0.15, -0.1) is 0 Å². The number of aliphatic carboxylic acids is 1. The van der Waals surface area contributed by atoms with Crippen LogP contribution in [0.3, 0.4) is 0 Å². The van der Waals surface area contributed by atoms with Gasteiger partial charge in [-0.25, -0.2) is 9.59 Å². The molecule has 32 heavy (non-hydrogen) atoms. The highest BCUT2D eigenvalue weighted by Gasteiger charge is 2.46. The lowest BCUT2D eigenvalue weighted by atomic mass is 9.82. The second-order valence-electron chi connectivity index (χ2n) is 8.44. The molecule has 1 atom stereocenters. The van der Waals surface area contributed by atoms with Gasteiger partial charge in [0.05, 0.1) is 11.2 Å². The van der Waals surface area contributed by atoms with Gasteiger partial charge in [0.2, 0.25) is 0 Å². The number of aromatic nitrogens is 3. The monoisotopic (exact) mass is 435 g/mol. The van der Waals surface area contributed by atoms with Gasteiger partial charge in [0.1, 0.15) is 5.75 Å². The fraction of sp³-hybridized carbons (Fsp3) is 0.391. The van der Waals surface area contributed by atoms with Crippen LogP contribution in [0.15, 0.2) is 36.5 Å². The minimum absolute atomic E-state index is 0.00205. The number of benzene rings is 1. The normalized spacial score (nSPS) is 19.5. The predicted octanol–water partition coefficient (Wildman–Crippen LogP) is 2.64. The third-order valence-corrected chi connectivity index (χ3v) is 6.41. The summed E-state index contributed by atoms with van der Waals surface area (Å²) in [6, 6.07) is 9.45. The minimum atomic E-state index is -1.02. The van der Waals surface area contributed by atoms with Gasteiger partial charge < -0.3 is 20.1 Å². The van der Waals surface area contributed by atoms with Gasteiger partial charge in [-0.3, -0.25) is 9.67 Å². The SMILES string of the molecule is CCNC(=O)N1CCC2(CCn3nc(-c4cnc5ccc(OCC(=O)O)cc5c4)cc32)C1. The molecule has 0 radical (unpaired) electrons. The zero-order valence-electron chi connectivity index (χ0n) is 17.9. The van der Waals surface area contributed by atoms with Crippen molar-refractivity contribution in [3.8, 4) is 17.0 Å². The van der Waals surface area contributed by atoms with Crippen LogP contribution in [-0.4, -0.2) is 63.0 Å². The van der Waals surface area contributed by atoms with Crippen molar-refractivity contribution >= 4 is 22.9 Å². The van der Waals surface area contributed by atoms with Crippen molar-refractivity contribution < 1.29 is 19.4 Å². The van der Waals surface area contributed by atoms with Crippen LogP contribution in [0.2, 0.25) is 0 Å². The van der Waals surface area contributed by atoms with Crippen molar-refractivity contribution in [2.45, 2.75) is 31.7 Å². The molecule has 166 valence electrons. The number of aryl methyl sites for hydroxylation is 1. The first-order valence-electron chi connectivity index (χ1n) is 10.8. The standard InChI is InChI=1S/C23H25N5O4/c1-2-24-22(31)27-7-5-23(14-27)6-8-28-20(23)11-19(26-28)16-9-15-10-17(32-13-21(29)30)3-4-18(15)25-12-16/h3-4,9-12H,2,5-8,13-14H2,1H3,(H,24,31)(H,29,30). The van der Waals surface area contributed by atoms with E-state index in [1.807, 2.05) is 24.0 Å². The molecule has 0 aliphatic carbocycles. The first kappa shape index (κ1) is 20.3. The second-order valence-corrected chi connectivity index (χ2v) is 8.44. The van der Waals surface area contributed by atoms with E-state index in [-0.39, 0.29) is 18.1 Å². The number of nitrogens with zero attached hydrogens (tertiary/aromatic N) is 4. The maximum Gasteiger partial charge on any atom is 0.341 e. The first-order chi connectivity index (χ1) is 15.5. The van der Waals surface area contributed by atoms with E-state index in [0.717, 1.165) is 48.1 Å². The van der Waals surface area contributed by atoms with Crippen molar-refractivity contribution in [2.75, 3.05) is 26.2 Å². The minimum Gasteiger partial charge on any atom is -0.482 e. The van der Waals surface area contributed by atoms with Crippen molar-refractivity contribution in [1.29, 1.82) is 0 Å². The number of amides is 2. The summed E-state index contributed by atoms with van der Waals surface area (Å²) in [5.41, 5.74) is 3.68. The quantitative estimate of drug-likeness (QED) is 0.638. The summed E-state index contributed by atoms with van der Waals surface area (Å²) in [7, 11) is 0. The van der Waals surface area contributed by atoms with Crippen LogP contribution in [0, 0.1) is 0 Å². The molecule has 5 rings (SSSR count). The highest BCUT2D eigenvalue weighted by Crippen LogP contribution is 2.43. The van der Waals surface area contributed by atoms with Gasteiger partial charge in [0.25, 0.3) is 0 Å². The van der Waals surface area contributed by atoms with Crippen LogP contribution in [0.5, 0.6) is 5.75 Å². The van der Waals surface area contributed by atoms with Gasteiger partial charge in [0.15, 0.2) is 6.61 Å². The van der Waals surface area contributed by atoms with Gasteiger partial charge in [-0.2, -0.15) is 5.10 Å². The number of urea groups is 1. The fourth-order valence-electron chi connectivity index (χ4n) is 4.81. The summed E-state index contributed by atoms with van der Waals surface area (Å²) in [6.07, 6.45) is 3.74. The number of hydrogen-bond acceptors (Lipinski definition) is 5. The fourth-order valence-corrected chi connectivity index (χ4v) is 4.81. The maximum atomic E-state index is 12.3. The molecule has 1 saturated heterocycles. The molecule has 2 amide bonds. The topological polar surface area (TPSA) is 110 Å². The molecule has 2 aliphatic rings. The Kier molecular flexibility index (Phi) is 4.96. The van der Waals surface area contributed by atoms with Gasteiger partial charge in [-0.1, -0.05) is 0 Å². The number of hydrogen-bond donors (Lipinski definition) is 2. The van der Waals surface area contributed by atoms with Gasteiger partial charge in [-0.05, 0) is 50.1 Å². The second kappa shape index (κ2) is 7.81. The Morgan fingerprint density at radius 1 is 1.22 bits per heavy atom. The molecule has 2 aliphatic heterocycles. The van der Waals surface area contributed by atoms with Crippen LogP contribution < -0.4 is 10.1 Å². The van der Waals surface area contributed by atoms with Gasteiger partial charge in [0, 0.05) is 54.4 Å². The molecule has 2 N–H and O–H groups in total. The largest absolute Gasteiger partial charge is 0.482 e. The average Bonchev–Trinajstić information content (AvgIpc) is 3.49. The van der Waals surface area contributed by atoms with Crippen LogP contribution >= 0.6 is 0 Å². The molecule has 1 unspecified atom stereocenters. The number of nitrogens with one attached hydrogen (secondary N) is 1. The predicted molar refractivity (Wildman–Crippen MR) is 118 cm³/mol. The number of ether oxygens (including phenoxy) is 1. The van der Waals surface area contributed by atoms with E-state index in [4.69, 9.17) is 14.9 Å². The Hall–Kier alpha value is -3.62. The summed E-state index contributed by atoms with van der Waals surface area (Å²) in [5, 5.41) is 17.4. The highest BCUT2D eigenvalue weighted by atomic mass is 16.5. The number of carboxylic acid groups (broad SMARTS) is 1. The molecule has 2 aromatic heterocycles. The Morgan fingerprint density at radius 2 is 2.06 bits per heavy atom. The average molecular weight is 435 g/mol. The number of carboxylic acids is 1. The van der Waals surface area contributed by atoms with Crippen LogP contribution in [0.25, 0.3) is 22.2 Å². The van der Waals surface area contributed by atoms with E-state index in [9.17, 15) is 9.59 Å². The van der Waals surface area contributed by atoms with Crippen LogP contribution in [0.1, 0.15) is 25.5 Å². The van der Waals surface area contributed by atoms with E-state index >= 15 is 0 Å². The smallest absolute Gasteiger partial charge is 0.341 e. The van der Waals surface area contributed by atoms with E-state index < -0.39 is 5.97 Å². The Labute approximate surface area is 185 Å². The van der Waals surface area contributed by atoms with E-state index in [2.05, 4.69) is 21.0 Å². The molecular weight excluding hydrogens is 410 g/mol. The molecule has 1 spiro atoms. The summed E-state index contributed by atoms with van der Waals surface area (Å²) >= 11 is 0. The zero-order valence-corrected chi connectivity index (χ0v) is 17.9. The maximum absolute atomic E-state index is 12.3. The van der Waals surface area contributed by atoms with Crippen LogP contribution in [-0.2, 0) is 16.8 Å². The van der Waals surface area contributed by atoms with E-state index in [0.29, 0.717) is 18.8 Å². The Balaban J connectivity index is 1.42. The number of fused-ring (bicyclic) bond motifs is 3. The number of carbonyl (C=O) groups excluding carboxylic acids is 1. The van der Waals surface area contributed by atoms with Gasteiger partial charge >= 0.3 is 12.0 Å². The van der Waals surface area contributed by atoms with Crippen molar-refractivity contribution in [2.24, 2.45) is 0 Å². The molecule has 9 nitrogen and oxygen atoms in total. The third-order valence-electron chi connectivity index (χ3n) is 6.41. The molecular formula is C23H25N5O4. The van der Waals surface area contributed by atoms with Crippen molar-refractivity contribution in [1.82, 2.24) is 25.0 Å². The number of likely N-dealkylation sites (tertiary alicyclic amines) is 1. The lowest BCUT2D eigenvalue weighted by Gasteiger charge is -2.23. The lowest BCUT2D eigenvalue weighted by molar-refractivity contribution is -0.139. The highest BCUT2D eigenvalue weighted by molar-refractivity contribution is 5.84. The van der Waals surface area contributed by atoms with E-state index in [1.54, 1.807) is 18.3 Å². The van der Waals surface area contributed by atoms with E-state index in [1.165, 1.54) is 5.69 Å². The number of rotatable bonds is 5. The molecule has 1 aromatic carbocycles. The lowest BCUT2D eigenvalue weighted by Crippen LogP contribution is -2.40. The summed E-state index contributed by atoms with van der Waals surface area (Å²) in [6.45, 7) is 4.48. The Bertz CT molecular complexity index is 1210. The zero-order chi connectivity index (χ0) is 22.3. The van der Waals surface area contributed by atoms with Crippen molar-refractivity contribution in [3.63, 3.8) is 0 Å².